The fraction of sp³-hybridized carbons (Fsp3) is 0.464. The molecular formula is C28H34FN3O. The summed E-state index contributed by atoms with van der Waals surface area (Å²) in [5.41, 5.74) is 9.18. The van der Waals surface area contributed by atoms with Gasteiger partial charge >= 0.3 is 0 Å². The first kappa shape index (κ1) is 22.1. The SMILES string of the molecule is CN(Cc1ccc(/C=C/C(=O)Nc2ccc(F)cc2N)cc1)CC12CC3CC(CC(C3)C1)C2. The molecule has 3 N–H and O–H groups in total. The maximum Gasteiger partial charge on any atom is 0.248 e. The van der Waals surface area contributed by atoms with E-state index in [0.717, 1.165) is 29.9 Å². The van der Waals surface area contributed by atoms with Crippen LogP contribution in [0.15, 0.2) is 48.5 Å². The molecule has 0 radical (unpaired) electrons. The number of nitrogen functional groups attached to an aromatic ring is 1. The predicted octanol–water partition coefficient (Wildman–Crippen LogP) is 5.71. The van der Waals surface area contributed by atoms with Crippen molar-refractivity contribution >= 4 is 23.4 Å². The molecule has 1 amide bonds. The van der Waals surface area contributed by atoms with Crippen LogP contribution < -0.4 is 11.1 Å². The molecule has 0 spiro atoms. The number of anilines is 2. The largest absolute Gasteiger partial charge is 0.397 e. The summed E-state index contributed by atoms with van der Waals surface area (Å²) in [4.78, 5) is 14.7. The van der Waals surface area contributed by atoms with Crippen LogP contribution in [0.25, 0.3) is 6.08 Å². The van der Waals surface area contributed by atoms with Crippen molar-refractivity contribution in [2.24, 2.45) is 23.2 Å². The third-order valence-electron chi connectivity index (χ3n) is 7.90. The number of halogens is 1. The van der Waals surface area contributed by atoms with Gasteiger partial charge in [0.25, 0.3) is 0 Å². The lowest BCUT2D eigenvalue weighted by atomic mass is 9.49. The van der Waals surface area contributed by atoms with Gasteiger partial charge in [0, 0.05) is 19.2 Å². The molecule has 0 unspecified atom stereocenters. The van der Waals surface area contributed by atoms with Gasteiger partial charge in [0.1, 0.15) is 5.82 Å². The van der Waals surface area contributed by atoms with Crippen LogP contribution in [-0.4, -0.2) is 24.4 Å². The number of nitrogens with two attached hydrogens (primary N) is 1. The van der Waals surface area contributed by atoms with Gasteiger partial charge in [-0.25, -0.2) is 4.39 Å². The number of rotatable bonds is 7. The van der Waals surface area contributed by atoms with Gasteiger partial charge in [-0.2, -0.15) is 0 Å². The highest BCUT2D eigenvalue weighted by Gasteiger charge is 2.50. The molecule has 33 heavy (non-hydrogen) atoms. The van der Waals surface area contributed by atoms with E-state index in [2.05, 4.69) is 29.4 Å². The molecule has 0 atom stereocenters. The maximum atomic E-state index is 13.1. The highest BCUT2D eigenvalue weighted by Crippen LogP contribution is 2.60. The van der Waals surface area contributed by atoms with E-state index < -0.39 is 5.82 Å². The Morgan fingerprint density at radius 2 is 1.73 bits per heavy atom. The highest BCUT2D eigenvalue weighted by atomic mass is 19.1. The van der Waals surface area contributed by atoms with Gasteiger partial charge in [-0.05, 0) is 104 Å². The van der Waals surface area contributed by atoms with Crippen LogP contribution in [0.2, 0.25) is 0 Å². The molecule has 0 aromatic heterocycles. The van der Waals surface area contributed by atoms with E-state index in [-0.39, 0.29) is 11.6 Å². The van der Waals surface area contributed by atoms with Crippen LogP contribution in [0.1, 0.15) is 49.7 Å². The fourth-order valence-electron chi connectivity index (χ4n) is 7.15. The second-order valence-corrected chi connectivity index (χ2v) is 10.9. The number of nitrogens with zero attached hydrogens (tertiary/aromatic N) is 1. The first-order valence-corrected chi connectivity index (χ1v) is 12.2. The molecule has 0 saturated heterocycles. The third kappa shape index (κ3) is 5.14. The molecule has 0 heterocycles. The lowest BCUT2D eigenvalue weighted by Gasteiger charge is -2.57. The monoisotopic (exact) mass is 447 g/mol. The van der Waals surface area contributed by atoms with Crippen molar-refractivity contribution in [3.05, 3.63) is 65.5 Å². The van der Waals surface area contributed by atoms with Crippen LogP contribution >= 0.6 is 0 Å². The number of hydrogen-bond donors (Lipinski definition) is 2. The van der Waals surface area contributed by atoms with Gasteiger partial charge in [-0.15, -0.1) is 0 Å². The smallest absolute Gasteiger partial charge is 0.248 e. The summed E-state index contributed by atoms with van der Waals surface area (Å²) < 4.78 is 13.1. The minimum atomic E-state index is -0.426. The minimum absolute atomic E-state index is 0.207. The zero-order valence-corrected chi connectivity index (χ0v) is 19.4. The van der Waals surface area contributed by atoms with Crippen LogP contribution in [-0.2, 0) is 11.3 Å². The van der Waals surface area contributed by atoms with E-state index in [1.807, 2.05) is 12.1 Å². The first-order chi connectivity index (χ1) is 15.9. The second kappa shape index (κ2) is 8.94. The third-order valence-corrected chi connectivity index (χ3v) is 7.90. The number of nitrogens with one attached hydrogen (secondary N) is 1. The first-order valence-electron chi connectivity index (χ1n) is 12.2. The van der Waals surface area contributed by atoms with Crippen LogP contribution in [0.3, 0.4) is 0 Å². The number of benzene rings is 2. The molecule has 4 aliphatic carbocycles. The Bertz CT molecular complexity index is 1010. The number of carbonyl (C=O) groups is 1. The van der Waals surface area contributed by atoms with Crippen LogP contribution in [0, 0.1) is 29.0 Å². The van der Waals surface area contributed by atoms with E-state index in [4.69, 9.17) is 5.73 Å². The Labute approximate surface area is 196 Å². The normalized spacial score (nSPS) is 28.0. The van der Waals surface area contributed by atoms with Crippen molar-refractivity contribution in [1.82, 2.24) is 4.90 Å². The van der Waals surface area contributed by atoms with E-state index >= 15 is 0 Å². The van der Waals surface area contributed by atoms with E-state index in [1.165, 1.54) is 74.9 Å². The molecule has 4 fully saturated rings. The highest BCUT2D eigenvalue weighted by molar-refractivity contribution is 6.03. The summed E-state index contributed by atoms with van der Waals surface area (Å²) in [7, 11) is 2.26. The molecule has 2 aromatic carbocycles. The van der Waals surface area contributed by atoms with Gasteiger partial charge in [-0.1, -0.05) is 24.3 Å². The number of amides is 1. The summed E-state index contributed by atoms with van der Waals surface area (Å²) in [6.07, 6.45) is 12.1. The van der Waals surface area contributed by atoms with Gasteiger partial charge in [0.2, 0.25) is 5.91 Å². The van der Waals surface area contributed by atoms with Crippen molar-refractivity contribution in [3.63, 3.8) is 0 Å². The standard InChI is InChI=1S/C28H34FN3O/c1-32(18-28-14-21-10-22(15-28)12-23(11-21)16-28)17-20-4-2-19(3-5-20)6-9-27(33)31-26-8-7-24(29)13-25(26)30/h2-9,13,21-23H,10-12,14-18,30H2,1H3,(H,31,33)/b9-6+. The number of hydrogen-bond acceptors (Lipinski definition) is 3. The molecule has 6 rings (SSSR count). The molecule has 2 aromatic rings. The van der Waals surface area contributed by atoms with Crippen molar-refractivity contribution < 1.29 is 9.18 Å². The van der Waals surface area contributed by atoms with Crippen molar-refractivity contribution in [2.75, 3.05) is 24.6 Å². The topological polar surface area (TPSA) is 58.4 Å². The Morgan fingerprint density at radius 3 is 2.33 bits per heavy atom. The van der Waals surface area contributed by atoms with E-state index in [9.17, 15) is 9.18 Å². The van der Waals surface area contributed by atoms with Crippen molar-refractivity contribution in [2.45, 2.75) is 45.1 Å². The predicted molar refractivity (Wildman–Crippen MR) is 132 cm³/mol. The molecule has 4 aliphatic rings. The molecule has 174 valence electrons. The summed E-state index contributed by atoms with van der Waals surface area (Å²) >= 11 is 0. The van der Waals surface area contributed by atoms with Gasteiger partial charge in [0.15, 0.2) is 0 Å². The molecule has 5 heteroatoms. The quantitative estimate of drug-likeness (QED) is 0.422. The fourth-order valence-corrected chi connectivity index (χ4v) is 7.15. The second-order valence-electron chi connectivity index (χ2n) is 10.9. The summed E-state index contributed by atoms with van der Waals surface area (Å²) in [5, 5.41) is 2.68. The lowest BCUT2D eigenvalue weighted by Crippen LogP contribution is -2.50. The zero-order chi connectivity index (χ0) is 23.0. The molecule has 4 bridgehead atoms. The minimum Gasteiger partial charge on any atom is -0.397 e. The Kier molecular flexibility index (Phi) is 6.00. The van der Waals surface area contributed by atoms with Crippen LogP contribution in [0.4, 0.5) is 15.8 Å². The molecule has 0 aliphatic heterocycles. The van der Waals surface area contributed by atoms with Gasteiger partial charge in [0.05, 0.1) is 11.4 Å². The molecule has 4 nitrogen and oxygen atoms in total. The molecular weight excluding hydrogens is 413 g/mol. The van der Waals surface area contributed by atoms with Crippen molar-refractivity contribution in [3.8, 4) is 0 Å². The summed E-state index contributed by atoms with van der Waals surface area (Å²) in [6.45, 7) is 2.17. The Morgan fingerprint density at radius 1 is 1.09 bits per heavy atom. The summed E-state index contributed by atoms with van der Waals surface area (Å²) in [6, 6.07) is 12.3. The molecule has 4 saturated carbocycles. The lowest BCUT2D eigenvalue weighted by molar-refractivity contribution is -0.111. The van der Waals surface area contributed by atoms with Gasteiger partial charge in [-0.3, -0.25) is 4.79 Å². The average Bonchev–Trinajstić information content (AvgIpc) is 2.74. The Hall–Kier alpha value is -2.66. The number of carbonyl (C=O) groups excluding carboxylic acids is 1. The van der Waals surface area contributed by atoms with Crippen molar-refractivity contribution in [1.29, 1.82) is 0 Å². The zero-order valence-electron chi connectivity index (χ0n) is 19.4. The summed E-state index contributed by atoms with van der Waals surface area (Å²) in [5.74, 6) is 2.25. The Balaban J connectivity index is 1.14. The average molecular weight is 448 g/mol. The van der Waals surface area contributed by atoms with E-state index in [1.54, 1.807) is 6.08 Å². The van der Waals surface area contributed by atoms with E-state index in [0.29, 0.717) is 11.1 Å². The van der Waals surface area contributed by atoms with Gasteiger partial charge < -0.3 is 16.0 Å². The maximum absolute atomic E-state index is 13.1. The van der Waals surface area contributed by atoms with Crippen LogP contribution in [0.5, 0.6) is 0 Å².